The third-order valence-corrected chi connectivity index (χ3v) is 4.10. The molecule has 0 saturated carbocycles. The molecule has 0 radical (unpaired) electrons. The summed E-state index contributed by atoms with van der Waals surface area (Å²) >= 11 is 0. The number of furan rings is 1. The summed E-state index contributed by atoms with van der Waals surface area (Å²) in [5.74, 6) is 2.21. The number of morpholine rings is 1. The van der Waals surface area contributed by atoms with Gasteiger partial charge in [0.2, 0.25) is 0 Å². The Bertz CT molecular complexity index is 794. The third-order valence-electron chi connectivity index (χ3n) is 4.10. The molecule has 0 bridgehead atoms. The Balaban J connectivity index is 1.53. The van der Waals surface area contributed by atoms with Gasteiger partial charge in [-0.05, 0) is 24.3 Å². The summed E-state index contributed by atoms with van der Waals surface area (Å²) in [7, 11) is 0. The van der Waals surface area contributed by atoms with Crippen molar-refractivity contribution in [2.45, 2.75) is 12.6 Å². The fourth-order valence-corrected chi connectivity index (χ4v) is 2.85. The van der Waals surface area contributed by atoms with E-state index in [2.05, 4.69) is 25.2 Å². The van der Waals surface area contributed by atoms with Crippen molar-refractivity contribution in [3.05, 3.63) is 66.6 Å². The van der Waals surface area contributed by atoms with Crippen molar-refractivity contribution in [1.82, 2.24) is 19.9 Å². The van der Waals surface area contributed by atoms with Gasteiger partial charge in [-0.25, -0.2) is 15.0 Å². The van der Waals surface area contributed by atoms with Crippen LogP contribution in [0.5, 0.6) is 0 Å². The molecule has 4 heterocycles. The van der Waals surface area contributed by atoms with Gasteiger partial charge < -0.3 is 14.5 Å². The van der Waals surface area contributed by atoms with Crippen molar-refractivity contribution in [2.75, 3.05) is 25.1 Å². The van der Waals surface area contributed by atoms with Gasteiger partial charge in [-0.1, -0.05) is 6.07 Å². The number of anilines is 2. The number of aromatic nitrogens is 3. The minimum absolute atomic E-state index is 0.00846. The summed E-state index contributed by atoms with van der Waals surface area (Å²) < 4.78 is 10.8. The molecule has 1 atom stereocenters. The second-order valence-corrected chi connectivity index (χ2v) is 5.83. The Morgan fingerprint density at radius 1 is 1.12 bits per heavy atom. The van der Waals surface area contributed by atoms with E-state index in [0.717, 1.165) is 36.1 Å². The van der Waals surface area contributed by atoms with Crippen LogP contribution in [0.3, 0.4) is 0 Å². The van der Waals surface area contributed by atoms with Gasteiger partial charge in [0.1, 0.15) is 17.5 Å². The number of hydrogen-bond acceptors (Lipinski definition) is 7. The topological polar surface area (TPSA) is 76.3 Å². The largest absolute Gasteiger partial charge is 0.472 e. The van der Waals surface area contributed by atoms with Crippen LogP contribution < -0.4 is 5.32 Å². The van der Waals surface area contributed by atoms with E-state index in [9.17, 15) is 0 Å². The average molecular weight is 337 g/mol. The van der Waals surface area contributed by atoms with Gasteiger partial charge in [0, 0.05) is 31.0 Å². The maximum Gasteiger partial charge on any atom is 0.150 e. The molecular formula is C18H19N5O2. The molecule has 1 aliphatic heterocycles. The highest BCUT2D eigenvalue weighted by molar-refractivity contribution is 5.50. The van der Waals surface area contributed by atoms with Gasteiger partial charge in [0.05, 0.1) is 31.8 Å². The van der Waals surface area contributed by atoms with Crippen LogP contribution in [0.25, 0.3) is 0 Å². The molecule has 3 aromatic heterocycles. The van der Waals surface area contributed by atoms with Crippen LogP contribution >= 0.6 is 0 Å². The molecule has 7 nitrogen and oxygen atoms in total. The first-order chi connectivity index (χ1) is 12.4. The molecule has 0 aliphatic carbocycles. The monoisotopic (exact) mass is 337 g/mol. The van der Waals surface area contributed by atoms with Gasteiger partial charge >= 0.3 is 0 Å². The van der Waals surface area contributed by atoms with E-state index in [1.54, 1.807) is 24.9 Å². The lowest BCUT2D eigenvalue weighted by Gasteiger charge is -2.34. The summed E-state index contributed by atoms with van der Waals surface area (Å²) in [6, 6.07) is 9.53. The second kappa shape index (κ2) is 7.42. The molecule has 25 heavy (non-hydrogen) atoms. The van der Waals surface area contributed by atoms with E-state index in [1.807, 2.05) is 30.3 Å². The molecule has 1 saturated heterocycles. The summed E-state index contributed by atoms with van der Waals surface area (Å²) in [6.45, 7) is 2.90. The molecule has 0 spiro atoms. The quantitative estimate of drug-likeness (QED) is 0.767. The first-order valence-electron chi connectivity index (χ1n) is 8.22. The van der Waals surface area contributed by atoms with Crippen LogP contribution in [0.1, 0.15) is 17.4 Å². The molecule has 3 aromatic rings. The molecule has 0 aromatic carbocycles. The van der Waals surface area contributed by atoms with Gasteiger partial charge in [0.25, 0.3) is 0 Å². The zero-order chi connectivity index (χ0) is 16.9. The summed E-state index contributed by atoms with van der Waals surface area (Å²) in [5.41, 5.74) is 1.13. The van der Waals surface area contributed by atoms with Crippen LogP contribution in [-0.2, 0) is 11.3 Å². The standard InChI is InChI=1S/C18H19N5O2/c1-2-6-19-16(3-1)21-17-4-7-20-18(22-17)15-13-25-10-8-23(15)11-14-5-9-24-12-14/h1-7,9,12,15H,8,10-11,13H2,(H,19,20,21,22)/t15-/m0/s1. The number of nitrogens with one attached hydrogen (secondary N) is 1. The number of nitrogens with zero attached hydrogens (tertiary/aromatic N) is 4. The fourth-order valence-electron chi connectivity index (χ4n) is 2.85. The van der Waals surface area contributed by atoms with E-state index in [-0.39, 0.29) is 6.04 Å². The lowest BCUT2D eigenvalue weighted by Crippen LogP contribution is -2.39. The predicted octanol–water partition coefficient (Wildman–Crippen LogP) is 2.78. The number of rotatable bonds is 5. The van der Waals surface area contributed by atoms with Crippen molar-refractivity contribution in [3.63, 3.8) is 0 Å². The minimum atomic E-state index is 0.00846. The lowest BCUT2D eigenvalue weighted by atomic mass is 10.2. The maximum atomic E-state index is 5.67. The molecule has 4 rings (SSSR count). The third kappa shape index (κ3) is 3.84. The first-order valence-corrected chi connectivity index (χ1v) is 8.22. The average Bonchev–Trinajstić information content (AvgIpc) is 3.16. The first kappa shape index (κ1) is 15.7. The highest BCUT2D eigenvalue weighted by Crippen LogP contribution is 2.24. The highest BCUT2D eigenvalue weighted by Gasteiger charge is 2.27. The van der Waals surface area contributed by atoms with Gasteiger partial charge in [0.15, 0.2) is 0 Å². The normalized spacial score (nSPS) is 18.2. The van der Waals surface area contributed by atoms with Crippen molar-refractivity contribution in [3.8, 4) is 0 Å². The van der Waals surface area contributed by atoms with Gasteiger partial charge in [-0.2, -0.15) is 0 Å². The Morgan fingerprint density at radius 2 is 2.12 bits per heavy atom. The summed E-state index contributed by atoms with van der Waals surface area (Å²) in [4.78, 5) is 15.7. The zero-order valence-corrected chi connectivity index (χ0v) is 13.7. The van der Waals surface area contributed by atoms with Crippen LogP contribution in [0.15, 0.2) is 59.7 Å². The molecule has 0 amide bonds. The van der Waals surface area contributed by atoms with Crippen LogP contribution in [0.4, 0.5) is 11.6 Å². The second-order valence-electron chi connectivity index (χ2n) is 5.83. The van der Waals surface area contributed by atoms with Crippen molar-refractivity contribution in [1.29, 1.82) is 0 Å². The van der Waals surface area contributed by atoms with E-state index >= 15 is 0 Å². The Labute approximate surface area is 145 Å². The Kier molecular flexibility index (Phi) is 4.67. The fraction of sp³-hybridized carbons (Fsp3) is 0.278. The van der Waals surface area contributed by atoms with Gasteiger partial charge in [-0.3, -0.25) is 4.90 Å². The van der Waals surface area contributed by atoms with Crippen LogP contribution in [0.2, 0.25) is 0 Å². The molecule has 1 fully saturated rings. The van der Waals surface area contributed by atoms with E-state index < -0.39 is 0 Å². The van der Waals surface area contributed by atoms with E-state index in [1.165, 1.54) is 0 Å². The highest BCUT2D eigenvalue weighted by atomic mass is 16.5. The lowest BCUT2D eigenvalue weighted by molar-refractivity contribution is -0.0159. The number of pyridine rings is 1. The van der Waals surface area contributed by atoms with Crippen molar-refractivity contribution < 1.29 is 9.15 Å². The number of ether oxygens (including phenoxy) is 1. The molecular weight excluding hydrogens is 318 g/mol. The number of hydrogen-bond donors (Lipinski definition) is 1. The molecule has 0 unspecified atom stereocenters. The van der Waals surface area contributed by atoms with E-state index in [4.69, 9.17) is 9.15 Å². The molecule has 128 valence electrons. The van der Waals surface area contributed by atoms with Crippen molar-refractivity contribution >= 4 is 11.6 Å². The predicted molar refractivity (Wildman–Crippen MR) is 92.2 cm³/mol. The SMILES string of the molecule is c1ccc(Nc2ccnc([C@@H]3COCCN3Cc3ccoc3)n2)nc1. The van der Waals surface area contributed by atoms with E-state index in [0.29, 0.717) is 13.2 Å². The van der Waals surface area contributed by atoms with Gasteiger partial charge in [-0.15, -0.1) is 0 Å². The summed E-state index contributed by atoms with van der Waals surface area (Å²) in [5, 5.41) is 3.21. The van der Waals surface area contributed by atoms with Crippen LogP contribution in [0, 0.1) is 0 Å². The van der Waals surface area contributed by atoms with Crippen LogP contribution in [-0.4, -0.2) is 39.6 Å². The van der Waals surface area contributed by atoms with Crippen molar-refractivity contribution in [2.24, 2.45) is 0 Å². The molecule has 1 N–H and O–H groups in total. The zero-order valence-electron chi connectivity index (χ0n) is 13.7. The molecule has 7 heteroatoms. The minimum Gasteiger partial charge on any atom is -0.472 e. The maximum absolute atomic E-state index is 5.67. The summed E-state index contributed by atoms with van der Waals surface area (Å²) in [6.07, 6.45) is 6.97. The smallest absolute Gasteiger partial charge is 0.150 e. The molecule has 1 aliphatic rings. The Hall–Kier alpha value is -2.77. The Morgan fingerprint density at radius 3 is 2.96 bits per heavy atom.